The van der Waals surface area contributed by atoms with Gasteiger partial charge >= 0.3 is 6.09 Å². The van der Waals surface area contributed by atoms with E-state index in [0.717, 1.165) is 6.54 Å². The van der Waals surface area contributed by atoms with Crippen molar-refractivity contribution in [2.75, 3.05) is 19.6 Å². The quantitative estimate of drug-likeness (QED) is 0.618. The molecule has 1 unspecified atom stereocenters. The Morgan fingerprint density at radius 1 is 1.60 bits per heavy atom. The number of hydrogen-bond donors (Lipinski definition) is 3. The van der Waals surface area contributed by atoms with Crippen LogP contribution in [-0.4, -0.2) is 42.0 Å². The lowest BCUT2D eigenvalue weighted by Gasteiger charge is -2.24. The summed E-state index contributed by atoms with van der Waals surface area (Å²) in [5.41, 5.74) is -1.32. The Labute approximate surface area is 90.2 Å². The standard InChI is InChI=1S/C10H20N2O3/c1-9(2,3)15-8(13)12-7-10(14)4-5-11-6-10/h11,14H,4-7H2,1-3H3,(H,12,13). The highest BCUT2D eigenvalue weighted by Gasteiger charge is 2.31. The summed E-state index contributed by atoms with van der Waals surface area (Å²) in [6.45, 7) is 6.94. The number of carbonyl (C=O) groups is 1. The van der Waals surface area contributed by atoms with Crippen molar-refractivity contribution in [3.63, 3.8) is 0 Å². The van der Waals surface area contributed by atoms with E-state index in [0.29, 0.717) is 13.0 Å². The van der Waals surface area contributed by atoms with Crippen molar-refractivity contribution in [3.8, 4) is 0 Å². The van der Waals surface area contributed by atoms with E-state index in [9.17, 15) is 9.90 Å². The zero-order valence-corrected chi connectivity index (χ0v) is 9.59. The molecule has 15 heavy (non-hydrogen) atoms. The van der Waals surface area contributed by atoms with E-state index in [1.807, 2.05) is 0 Å². The molecule has 0 saturated carbocycles. The molecule has 5 nitrogen and oxygen atoms in total. The van der Waals surface area contributed by atoms with Gasteiger partial charge in [-0.05, 0) is 33.7 Å². The summed E-state index contributed by atoms with van der Waals surface area (Å²) >= 11 is 0. The van der Waals surface area contributed by atoms with Gasteiger partial charge in [-0.25, -0.2) is 4.79 Å². The van der Waals surface area contributed by atoms with Crippen molar-refractivity contribution >= 4 is 6.09 Å². The Hall–Kier alpha value is -0.810. The molecule has 1 heterocycles. The summed E-state index contributed by atoms with van der Waals surface area (Å²) in [5.74, 6) is 0. The monoisotopic (exact) mass is 216 g/mol. The summed E-state index contributed by atoms with van der Waals surface area (Å²) < 4.78 is 5.06. The van der Waals surface area contributed by atoms with Gasteiger partial charge in [0.15, 0.2) is 0 Å². The highest BCUT2D eigenvalue weighted by atomic mass is 16.6. The van der Waals surface area contributed by atoms with Gasteiger partial charge in [0.25, 0.3) is 0 Å². The molecule has 0 radical (unpaired) electrons. The van der Waals surface area contributed by atoms with Crippen LogP contribution in [0.4, 0.5) is 4.79 Å². The molecule has 1 aliphatic rings. The molecule has 0 aromatic rings. The number of hydrogen-bond acceptors (Lipinski definition) is 4. The van der Waals surface area contributed by atoms with Crippen LogP contribution in [0.1, 0.15) is 27.2 Å². The van der Waals surface area contributed by atoms with Crippen LogP contribution in [0.25, 0.3) is 0 Å². The zero-order valence-electron chi connectivity index (χ0n) is 9.59. The van der Waals surface area contributed by atoms with E-state index in [4.69, 9.17) is 4.74 Å². The first-order valence-electron chi connectivity index (χ1n) is 5.21. The highest BCUT2D eigenvalue weighted by molar-refractivity contribution is 5.67. The molecule has 0 aromatic heterocycles. The predicted molar refractivity (Wildman–Crippen MR) is 56.7 cm³/mol. The van der Waals surface area contributed by atoms with Gasteiger partial charge < -0.3 is 20.5 Å². The topological polar surface area (TPSA) is 70.6 Å². The number of ether oxygens (including phenoxy) is 1. The maximum absolute atomic E-state index is 11.3. The van der Waals surface area contributed by atoms with Gasteiger partial charge in [0.05, 0.1) is 12.1 Å². The third kappa shape index (κ3) is 4.48. The number of carbonyl (C=O) groups excluding carboxylic acids is 1. The van der Waals surface area contributed by atoms with E-state index >= 15 is 0 Å². The van der Waals surface area contributed by atoms with Crippen LogP contribution < -0.4 is 10.6 Å². The Kier molecular flexibility index (Phi) is 3.57. The van der Waals surface area contributed by atoms with Crippen LogP contribution in [0, 0.1) is 0 Å². The molecule has 1 rings (SSSR count). The van der Waals surface area contributed by atoms with E-state index < -0.39 is 17.3 Å². The lowest BCUT2D eigenvalue weighted by Crippen LogP contribution is -2.45. The van der Waals surface area contributed by atoms with Gasteiger partial charge in [0.1, 0.15) is 5.60 Å². The normalized spacial score (nSPS) is 26.4. The smallest absolute Gasteiger partial charge is 0.407 e. The molecule has 1 amide bonds. The first-order valence-corrected chi connectivity index (χ1v) is 5.21. The molecule has 0 aliphatic carbocycles. The third-order valence-corrected chi connectivity index (χ3v) is 2.18. The minimum absolute atomic E-state index is 0.231. The molecule has 3 N–H and O–H groups in total. The Morgan fingerprint density at radius 2 is 2.27 bits per heavy atom. The van der Waals surface area contributed by atoms with Crippen LogP contribution in [0.3, 0.4) is 0 Å². The largest absolute Gasteiger partial charge is 0.444 e. The second kappa shape index (κ2) is 4.37. The minimum Gasteiger partial charge on any atom is -0.444 e. The van der Waals surface area contributed by atoms with Crippen LogP contribution in [0.15, 0.2) is 0 Å². The first kappa shape index (κ1) is 12.3. The molecule has 1 aliphatic heterocycles. The molecule has 1 fully saturated rings. The Balaban J connectivity index is 2.28. The number of rotatable bonds is 2. The average Bonchev–Trinajstić information content (AvgIpc) is 2.47. The van der Waals surface area contributed by atoms with Gasteiger partial charge in [-0.15, -0.1) is 0 Å². The highest BCUT2D eigenvalue weighted by Crippen LogP contribution is 2.13. The summed E-state index contributed by atoms with van der Waals surface area (Å²) in [4.78, 5) is 11.3. The summed E-state index contributed by atoms with van der Waals surface area (Å²) in [7, 11) is 0. The fraction of sp³-hybridized carbons (Fsp3) is 0.900. The van der Waals surface area contributed by atoms with Crippen molar-refractivity contribution in [1.82, 2.24) is 10.6 Å². The van der Waals surface area contributed by atoms with Crippen LogP contribution in [-0.2, 0) is 4.74 Å². The van der Waals surface area contributed by atoms with E-state index in [1.165, 1.54) is 0 Å². The van der Waals surface area contributed by atoms with Crippen molar-refractivity contribution in [2.24, 2.45) is 0 Å². The van der Waals surface area contributed by atoms with Crippen molar-refractivity contribution < 1.29 is 14.6 Å². The molecule has 5 heteroatoms. The fourth-order valence-corrected chi connectivity index (χ4v) is 1.43. The van der Waals surface area contributed by atoms with Crippen LogP contribution in [0.5, 0.6) is 0 Å². The number of alkyl carbamates (subject to hydrolysis) is 1. The van der Waals surface area contributed by atoms with Gasteiger partial charge in [0, 0.05) is 6.54 Å². The Bertz CT molecular complexity index is 229. The molecule has 1 saturated heterocycles. The molecular formula is C10H20N2O3. The summed E-state index contributed by atoms with van der Waals surface area (Å²) in [5, 5.41) is 15.5. The van der Waals surface area contributed by atoms with Gasteiger partial charge in [0.2, 0.25) is 0 Å². The summed E-state index contributed by atoms with van der Waals surface area (Å²) in [6, 6.07) is 0. The van der Waals surface area contributed by atoms with Crippen molar-refractivity contribution in [3.05, 3.63) is 0 Å². The predicted octanol–water partition coefficient (Wildman–Crippen LogP) is 0.236. The summed E-state index contributed by atoms with van der Waals surface area (Å²) in [6.07, 6.45) is 0.172. The maximum Gasteiger partial charge on any atom is 0.407 e. The Morgan fingerprint density at radius 3 is 2.73 bits per heavy atom. The number of amides is 1. The zero-order chi connectivity index (χ0) is 11.5. The lowest BCUT2D eigenvalue weighted by molar-refractivity contribution is 0.0338. The van der Waals surface area contributed by atoms with Crippen LogP contribution in [0.2, 0.25) is 0 Å². The van der Waals surface area contributed by atoms with Gasteiger partial charge in [-0.2, -0.15) is 0 Å². The van der Waals surface area contributed by atoms with E-state index in [1.54, 1.807) is 20.8 Å². The average molecular weight is 216 g/mol. The number of β-amino-alcohol motifs (C(OH)–C–C–N with tert-alkyl or cyclic N) is 1. The second-order valence-electron chi connectivity index (χ2n) is 5.01. The number of aliphatic hydroxyl groups is 1. The van der Waals surface area contributed by atoms with E-state index in [2.05, 4.69) is 10.6 Å². The van der Waals surface area contributed by atoms with Gasteiger partial charge in [-0.1, -0.05) is 0 Å². The number of nitrogens with one attached hydrogen (secondary N) is 2. The molecule has 0 aromatic carbocycles. The second-order valence-corrected chi connectivity index (χ2v) is 5.01. The first-order chi connectivity index (χ1) is 6.81. The minimum atomic E-state index is -0.823. The molecular weight excluding hydrogens is 196 g/mol. The molecule has 88 valence electrons. The van der Waals surface area contributed by atoms with Gasteiger partial charge in [-0.3, -0.25) is 0 Å². The van der Waals surface area contributed by atoms with Crippen molar-refractivity contribution in [1.29, 1.82) is 0 Å². The van der Waals surface area contributed by atoms with Crippen LogP contribution >= 0.6 is 0 Å². The fourth-order valence-electron chi connectivity index (χ4n) is 1.43. The maximum atomic E-state index is 11.3. The molecule has 1 atom stereocenters. The van der Waals surface area contributed by atoms with Crippen molar-refractivity contribution in [2.45, 2.75) is 38.4 Å². The third-order valence-electron chi connectivity index (χ3n) is 2.18. The molecule has 0 bridgehead atoms. The molecule has 0 spiro atoms. The lowest BCUT2D eigenvalue weighted by atomic mass is 10.0. The van der Waals surface area contributed by atoms with E-state index in [-0.39, 0.29) is 6.54 Å². The SMILES string of the molecule is CC(C)(C)OC(=O)NCC1(O)CCNC1.